The van der Waals surface area contributed by atoms with E-state index in [0.717, 1.165) is 38.3 Å². The van der Waals surface area contributed by atoms with Crippen molar-refractivity contribution in [1.82, 2.24) is 9.80 Å². The van der Waals surface area contributed by atoms with E-state index < -0.39 is 11.6 Å². The van der Waals surface area contributed by atoms with Gasteiger partial charge in [0.05, 0.1) is 6.54 Å². The zero-order valence-corrected chi connectivity index (χ0v) is 10.3. The van der Waals surface area contributed by atoms with E-state index in [1.807, 2.05) is 11.9 Å². The Morgan fingerprint density at radius 2 is 1.83 bits per heavy atom. The van der Waals surface area contributed by atoms with Gasteiger partial charge in [0.25, 0.3) is 0 Å². The molecule has 3 nitrogen and oxygen atoms in total. The molecule has 1 aliphatic rings. The van der Waals surface area contributed by atoms with E-state index in [1.165, 1.54) is 6.07 Å². The van der Waals surface area contributed by atoms with Gasteiger partial charge < -0.3 is 4.90 Å². The minimum absolute atomic E-state index is 0.168. The summed E-state index contributed by atoms with van der Waals surface area (Å²) in [7, 11) is 2.04. The van der Waals surface area contributed by atoms with Crippen LogP contribution in [0.1, 0.15) is 10.4 Å². The van der Waals surface area contributed by atoms with Gasteiger partial charge in [-0.3, -0.25) is 9.69 Å². The quantitative estimate of drug-likeness (QED) is 0.762. The summed E-state index contributed by atoms with van der Waals surface area (Å²) in [4.78, 5) is 16.1. The molecule has 0 N–H and O–H groups in total. The molecule has 0 bridgehead atoms. The van der Waals surface area contributed by atoms with Gasteiger partial charge in [-0.1, -0.05) is 0 Å². The molecule has 0 unspecified atom stereocenters. The third-order valence-corrected chi connectivity index (χ3v) is 3.20. The second-order valence-electron chi connectivity index (χ2n) is 4.63. The van der Waals surface area contributed by atoms with Crippen molar-refractivity contribution in [2.75, 3.05) is 39.8 Å². The predicted octanol–water partition coefficient (Wildman–Crippen LogP) is 1.39. The smallest absolute Gasteiger partial charge is 0.176 e. The average molecular weight is 254 g/mol. The highest BCUT2D eigenvalue weighted by Crippen LogP contribution is 2.10. The number of halogens is 2. The molecule has 0 aromatic heterocycles. The molecule has 0 atom stereocenters. The van der Waals surface area contributed by atoms with Crippen molar-refractivity contribution in [3.8, 4) is 0 Å². The number of carbonyl (C=O) groups is 1. The van der Waals surface area contributed by atoms with Crippen LogP contribution in [0.4, 0.5) is 8.78 Å². The van der Waals surface area contributed by atoms with Gasteiger partial charge in [-0.05, 0) is 25.2 Å². The summed E-state index contributed by atoms with van der Waals surface area (Å²) >= 11 is 0. The van der Waals surface area contributed by atoms with E-state index in [1.54, 1.807) is 0 Å². The number of hydrogen-bond donors (Lipinski definition) is 0. The van der Waals surface area contributed by atoms with Crippen LogP contribution in [0.25, 0.3) is 0 Å². The lowest BCUT2D eigenvalue weighted by Crippen LogP contribution is -2.46. The van der Waals surface area contributed by atoms with Crippen LogP contribution in [0.2, 0.25) is 0 Å². The number of ketones is 1. The van der Waals surface area contributed by atoms with Crippen molar-refractivity contribution >= 4 is 5.78 Å². The third-order valence-electron chi connectivity index (χ3n) is 3.20. The number of nitrogens with zero attached hydrogens (tertiary/aromatic N) is 2. The van der Waals surface area contributed by atoms with Gasteiger partial charge >= 0.3 is 0 Å². The Morgan fingerprint density at radius 3 is 2.44 bits per heavy atom. The normalized spacial score (nSPS) is 17.9. The van der Waals surface area contributed by atoms with Gasteiger partial charge in [-0.25, -0.2) is 8.78 Å². The lowest BCUT2D eigenvalue weighted by molar-refractivity contribution is 0.0876. The molecule has 0 saturated carbocycles. The summed E-state index contributed by atoms with van der Waals surface area (Å²) in [5.41, 5.74) is 0.229. The molecule has 1 saturated heterocycles. The van der Waals surface area contributed by atoms with Crippen LogP contribution >= 0.6 is 0 Å². The van der Waals surface area contributed by atoms with Crippen LogP contribution in [0.15, 0.2) is 18.2 Å². The molecule has 98 valence electrons. The molecule has 2 rings (SSSR count). The van der Waals surface area contributed by atoms with Crippen molar-refractivity contribution in [2.45, 2.75) is 0 Å². The Kier molecular flexibility index (Phi) is 4.04. The Morgan fingerprint density at radius 1 is 1.17 bits per heavy atom. The van der Waals surface area contributed by atoms with E-state index in [9.17, 15) is 13.6 Å². The van der Waals surface area contributed by atoms with Crippen LogP contribution in [0.3, 0.4) is 0 Å². The Balaban J connectivity index is 1.97. The minimum Gasteiger partial charge on any atom is -0.304 e. The van der Waals surface area contributed by atoms with Crippen LogP contribution in [0, 0.1) is 11.6 Å². The van der Waals surface area contributed by atoms with Crippen molar-refractivity contribution in [1.29, 1.82) is 0 Å². The number of likely N-dealkylation sites (N-methyl/N-ethyl adjacent to an activating group) is 1. The fourth-order valence-electron chi connectivity index (χ4n) is 1.97. The van der Waals surface area contributed by atoms with Gasteiger partial charge in [0, 0.05) is 31.7 Å². The van der Waals surface area contributed by atoms with E-state index in [-0.39, 0.29) is 17.9 Å². The summed E-state index contributed by atoms with van der Waals surface area (Å²) in [5, 5.41) is 0. The number of carbonyl (C=O) groups excluding carboxylic acids is 1. The highest BCUT2D eigenvalue weighted by atomic mass is 19.2. The summed E-state index contributed by atoms with van der Waals surface area (Å²) in [6.07, 6.45) is 0. The van der Waals surface area contributed by atoms with Gasteiger partial charge in [-0.15, -0.1) is 0 Å². The maximum Gasteiger partial charge on any atom is 0.176 e. The maximum absolute atomic E-state index is 13.0. The summed E-state index contributed by atoms with van der Waals surface area (Å²) in [6, 6.07) is 3.29. The number of piperazine rings is 1. The Bertz CT molecular complexity index is 443. The van der Waals surface area contributed by atoms with Crippen molar-refractivity contribution in [3.05, 3.63) is 35.4 Å². The van der Waals surface area contributed by atoms with Crippen LogP contribution < -0.4 is 0 Å². The summed E-state index contributed by atoms with van der Waals surface area (Å²) in [5.74, 6) is -2.07. The molecule has 0 amide bonds. The van der Waals surface area contributed by atoms with Crippen LogP contribution in [-0.4, -0.2) is 55.4 Å². The zero-order chi connectivity index (χ0) is 13.1. The molecule has 1 heterocycles. The molecule has 0 radical (unpaired) electrons. The van der Waals surface area contributed by atoms with E-state index in [0.29, 0.717) is 0 Å². The molecular weight excluding hydrogens is 238 g/mol. The molecule has 1 fully saturated rings. The second-order valence-corrected chi connectivity index (χ2v) is 4.63. The molecule has 1 aromatic rings. The monoisotopic (exact) mass is 254 g/mol. The standard InChI is InChI=1S/C13H16F2N2O/c1-16-4-6-17(7-5-16)9-13(18)10-2-3-11(14)12(15)8-10/h2-3,8H,4-7,9H2,1H3. The lowest BCUT2D eigenvalue weighted by atomic mass is 10.1. The zero-order valence-electron chi connectivity index (χ0n) is 10.3. The van der Waals surface area contributed by atoms with Crippen molar-refractivity contribution in [2.24, 2.45) is 0 Å². The lowest BCUT2D eigenvalue weighted by Gasteiger charge is -2.31. The molecular formula is C13H16F2N2O. The fraction of sp³-hybridized carbons (Fsp3) is 0.462. The SMILES string of the molecule is CN1CCN(CC(=O)c2ccc(F)c(F)c2)CC1. The predicted molar refractivity (Wildman–Crippen MR) is 64.6 cm³/mol. The Hall–Kier alpha value is -1.33. The minimum atomic E-state index is -0.973. The highest BCUT2D eigenvalue weighted by molar-refractivity contribution is 5.97. The number of benzene rings is 1. The highest BCUT2D eigenvalue weighted by Gasteiger charge is 2.18. The number of hydrogen-bond acceptors (Lipinski definition) is 3. The van der Waals surface area contributed by atoms with E-state index in [4.69, 9.17) is 0 Å². The maximum atomic E-state index is 13.0. The van der Waals surface area contributed by atoms with Crippen LogP contribution in [-0.2, 0) is 0 Å². The summed E-state index contributed by atoms with van der Waals surface area (Å²) in [6.45, 7) is 3.76. The molecule has 1 aromatic carbocycles. The van der Waals surface area contributed by atoms with Crippen LogP contribution in [0.5, 0.6) is 0 Å². The first-order chi connectivity index (χ1) is 8.56. The average Bonchev–Trinajstić information content (AvgIpc) is 2.35. The third kappa shape index (κ3) is 3.11. The molecule has 5 heteroatoms. The first kappa shape index (κ1) is 13.1. The molecule has 0 aliphatic carbocycles. The van der Waals surface area contributed by atoms with Crippen molar-refractivity contribution < 1.29 is 13.6 Å². The topological polar surface area (TPSA) is 23.6 Å². The van der Waals surface area contributed by atoms with Gasteiger partial charge in [0.1, 0.15) is 0 Å². The molecule has 18 heavy (non-hydrogen) atoms. The van der Waals surface area contributed by atoms with E-state index in [2.05, 4.69) is 4.90 Å². The number of Topliss-reactive ketones (excluding diaryl/α,β-unsaturated/α-hetero) is 1. The largest absolute Gasteiger partial charge is 0.304 e. The number of rotatable bonds is 3. The fourth-order valence-corrected chi connectivity index (χ4v) is 1.97. The van der Waals surface area contributed by atoms with Gasteiger partial charge in [-0.2, -0.15) is 0 Å². The first-order valence-corrected chi connectivity index (χ1v) is 5.95. The Labute approximate surface area is 105 Å². The van der Waals surface area contributed by atoms with Gasteiger partial charge in [0.15, 0.2) is 17.4 Å². The molecule has 1 aliphatic heterocycles. The van der Waals surface area contributed by atoms with Gasteiger partial charge in [0.2, 0.25) is 0 Å². The molecule has 0 spiro atoms. The first-order valence-electron chi connectivity index (χ1n) is 5.95. The summed E-state index contributed by atoms with van der Waals surface area (Å²) < 4.78 is 25.8. The van der Waals surface area contributed by atoms with E-state index >= 15 is 0 Å². The van der Waals surface area contributed by atoms with Crippen molar-refractivity contribution in [3.63, 3.8) is 0 Å². The second kappa shape index (κ2) is 5.54.